The SMILES string of the molecule is COc1cc(NC(=O)c2cc(C)on2)ccc1S(N)(=O)=O. The lowest BCUT2D eigenvalue weighted by Gasteiger charge is -2.09. The van der Waals surface area contributed by atoms with Gasteiger partial charge in [0, 0.05) is 17.8 Å². The largest absolute Gasteiger partial charge is 0.495 e. The normalized spacial score (nSPS) is 11.2. The van der Waals surface area contributed by atoms with Crippen LogP contribution >= 0.6 is 0 Å². The fourth-order valence-corrected chi connectivity index (χ4v) is 2.33. The van der Waals surface area contributed by atoms with Crippen LogP contribution < -0.4 is 15.2 Å². The van der Waals surface area contributed by atoms with Gasteiger partial charge in [0.1, 0.15) is 16.4 Å². The first kappa shape index (κ1) is 15.0. The number of ether oxygens (including phenoxy) is 1. The molecule has 0 aliphatic carbocycles. The maximum absolute atomic E-state index is 11.9. The van der Waals surface area contributed by atoms with Crippen LogP contribution in [0.5, 0.6) is 5.75 Å². The minimum atomic E-state index is -3.90. The predicted molar refractivity (Wildman–Crippen MR) is 73.6 cm³/mol. The minimum absolute atomic E-state index is 0.0339. The molecule has 2 rings (SSSR count). The molecule has 0 saturated carbocycles. The number of aryl methyl sites for hydroxylation is 1. The van der Waals surface area contributed by atoms with E-state index in [-0.39, 0.29) is 16.3 Å². The predicted octanol–water partition coefficient (Wildman–Crippen LogP) is 0.891. The van der Waals surface area contributed by atoms with Gasteiger partial charge in [0.2, 0.25) is 10.0 Å². The number of carbonyl (C=O) groups excluding carboxylic acids is 1. The molecule has 0 radical (unpaired) electrons. The van der Waals surface area contributed by atoms with E-state index in [0.717, 1.165) is 0 Å². The van der Waals surface area contributed by atoms with Crippen LogP contribution in [0.1, 0.15) is 16.2 Å². The van der Waals surface area contributed by atoms with Crippen molar-refractivity contribution >= 4 is 21.6 Å². The van der Waals surface area contributed by atoms with Crippen LogP contribution in [0.2, 0.25) is 0 Å². The van der Waals surface area contributed by atoms with Gasteiger partial charge in [-0.3, -0.25) is 4.79 Å². The molecule has 0 atom stereocenters. The number of nitrogens with two attached hydrogens (primary N) is 1. The fourth-order valence-electron chi connectivity index (χ4n) is 1.65. The van der Waals surface area contributed by atoms with Crippen molar-refractivity contribution < 1.29 is 22.5 Å². The Balaban J connectivity index is 2.28. The number of aromatic nitrogens is 1. The summed E-state index contributed by atoms with van der Waals surface area (Å²) in [5, 5.41) is 11.2. The van der Waals surface area contributed by atoms with Crippen molar-refractivity contribution in [3.8, 4) is 5.75 Å². The molecule has 0 saturated heterocycles. The molecule has 1 aromatic carbocycles. The van der Waals surface area contributed by atoms with E-state index in [4.69, 9.17) is 14.4 Å². The van der Waals surface area contributed by atoms with Crippen molar-refractivity contribution in [1.29, 1.82) is 0 Å². The van der Waals surface area contributed by atoms with Gasteiger partial charge in [-0.1, -0.05) is 5.16 Å². The third-order valence-corrected chi connectivity index (χ3v) is 3.54. The maximum atomic E-state index is 11.9. The van der Waals surface area contributed by atoms with Gasteiger partial charge in [-0.2, -0.15) is 0 Å². The second-order valence-corrected chi connectivity index (χ2v) is 5.72. The molecule has 0 bridgehead atoms. The molecule has 2 aromatic rings. The Bertz CT molecular complexity index is 782. The van der Waals surface area contributed by atoms with Crippen LogP contribution in [0.4, 0.5) is 5.69 Å². The summed E-state index contributed by atoms with van der Waals surface area (Å²) in [6.45, 7) is 1.66. The number of carbonyl (C=O) groups is 1. The molecule has 8 nitrogen and oxygen atoms in total. The molecule has 0 unspecified atom stereocenters. The molecule has 0 spiro atoms. The highest BCUT2D eigenvalue weighted by atomic mass is 32.2. The van der Waals surface area contributed by atoms with Crippen molar-refractivity contribution in [3.05, 3.63) is 35.7 Å². The average Bonchev–Trinajstić information content (AvgIpc) is 2.84. The van der Waals surface area contributed by atoms with Gasteiger partial charge >= 0.3 is 0 Å². The fraction of sp³-hybridized carbons (Fsp3) is 0.167. The summed E-state index contributed by atoms with van der Waals surface area (Å²) in [7, 11) is -2.60. The van der Waals surface area contributed by atoms with Gasteiger partial charge in [-0.15, -0.1) is 0 Å². The lowest BCUT2D eigenvalue weighted by atomic mass is 10.3. The van der Waals surface area contributed by atoms with Crippen molar-refractivity contribution in [3.63, 3.8) is 0 Å². The summed E-state index contributed by atoms with van der Waals surface area (Å²) in [6, 6.07) is 5.47. The zero-order valence-electron chi connectivity index (χ0n) is 11.3. The molecular weight excluding hydrogens is 298 g/mol. The van der Waals surface area contributed by atoms with Crippen LogP contribution in [0.15, 0.2) is 33.7 Å². The van der Waals surface area contributed by atoms with Gasteiger partial charge in [0.25, 0.3) is 5.91 Å². The summed E-state index contributed by atoms with van der Waals surface area (Å²) in [5.74, 6) is 0.0474. The summed E-state index contributed by atoms with van der Waals surface area (Å²) in [5.41, 5.74) is 0.451. The summed E-state index contributed by atoms with van der Waals surface area (Å²) in [4.78, 5) is 11.7. The van der Waals surface area contributed by atoms with Crippen molar-refractivity contribution in [2.75, 3.05) is 12.4 Å². The number of nitrogens with zero attached hydrogens (tertiary/aromatic N) is 1. The first-order valence-corrected chi connectivity index (χ1v) is 7.31. The van der Waals surface area contributed by atoms with Gasteiger partial charge in [-0.05, 0) is 19.1 Å². The Morgan fingerprint density at radius 1 is 1.38 bits per heavy atom. The number of sulfonamides is 1. The lowest BCUT2D eigenvalue weighted by molar-refractivity contribution is 0.101. The van der Waals surface area contributed by atoms with Crippen molar-refractivity contribution in [2.24, 2.45) is 5.14 Å². The number of methoxy groups -OCH3 is 1. The molecule has 3 N–H and O–H groups in total. The quantitative estimate of drug-likeness (QED) is 0.864. The van der Waals surface area contributed by atoms with Crippen LogP contribution in [0.3, 0.4) is 0 Å². The highest BCUT2D eigenvalue weighted by Gasteiger charge is 2.17. The standard InChI is InChI=1S/C12H13N3O5S/c1-7-5-9(15-20-7)12(16)14-8-3-4-11(21(13,17)18)10(6-8)19-2/h3-6H,1-2H3,(H,14,16)(H2,13,17,18). The lowest BCUT2D eigenvalue weighted by Crippen LogP contribution is -2.15. The second kappa shape index (κ2) is 5.54. The first-order chi connectivity index (χ1) is 9.81. The molecular formula is C12H13N3O5S. The summed E-state index contributed by atoms with van der Waals surface area (Å²) >= 11 is 0. The zero-order valence-corrected chi connectivity index (χ0v) is 12.1. The molecule has 1 heterocycles. The van der Waals surface area contributed by atoms with Crippen molar-refractivity contribution in [2.45, 2.75) is 11.8 Å². The Morgan fingerprint density at radius 3 is 2.62 bits per heavy atom. The van der Waals surface area contributed by atoms with Gasteiger partial charge in [0.15, 0.2) is 5.69 Å². The summed E-state index contributed by atoms with van der Waals surface area (Å²) in [6.07, 6.45) is 0. The smallest absolute Gasteiger partial charge is 0.277 e. The summed E-state index contributed by atoms with van der Waals surface area (Å²) < 4.78 is 32.5. The van der Waals surface area contributed by atoms with E-state index in [1.165, 1.54) is 31.4 Å². The maximum Gasteiger partial charge on any atom is 0.277 e. The Hall–Kier alpha value is -2.39. The van der Waals surface area contributed by atoms with E-state index in [1.54, 1.807) is 6.92 Å². The Kier molecular flexibility index (Phi) is 3.96. The minimum Gasteiger partial charge on any atom is -0.495 e. The van der Waals surface area contributed by atoms with E-state index in [1.807, 2.05) is 0 Å². The molecule has 0 aliphatic heterocycles. The van der Waals surface area contributed by atoms with E-state index < -0.39 is 15.9 Å². The van der Waals surface area contributed by atoms with Crippen LogP contribution in [-0.4, -0.2) is 26.6 Å². The average molecular weight is 311 g/mol. The topological polar surface area (TPSA) is 125 Å². The number of nitrogens with one attached hydrogen (secondary N) is 1. The molecule has 1 aromatic heterocycles. The van der Waals surface area contributed by atoms with E-state index >= 15 is 0 Å². The highest BCUT2D eigenvalue weighted by molar-refractivity contribution is 7.89. The first-order valence-electron chi connectivity index (χ1n) is 5.77. The molecule has 1 amide bonds. The monoisotopic (exact) mass is 311 g/mol. The Labute approximate surface area is 120 Å². The van der Waals surface area contributed by atoms with Gasteiger partial charge in [0.05, 0.1) is 7.11 Å². The number of primary sulfonamides is 1. The molecule has 112 valence electrons. The van der Waals surface area contributed by atoms with Crippen LogP contribution in [0.25, 0.3) is 0 Å². The van der Waals surface area contributed by atoms with E-state index in [0.29, 0.717) is 11.4 Å². The van der Waals surface area contributed by atoms with E-state index in [9.17, 15) is 13.2 Å². The van der Waals surface area contributed by atoms with Crippen LogP contribution in [-0.2, 0) is 10.0 Å². The highest BCUT2D eigenvalue weighted by Crippen LogP contribution is 2.26. The number of hydrogen-bond donors (Lipinski definition) is 2. The molecule has 0 aliphatic rings. The van der Waals surface area contributed by atoms with Gasteiger partial charge in [-0.25, -0.2) is 13.6 Å². The Morgan fingerprint density at radius 2 is 2.10 bits per heavy atom. The number of benzene rings is 1. The van der Waals surface area contributed by atoms with E-state index in [2.05, 4.69) is 10.5 Å². The van der Waals surface area contributed by atoms with Gasteiger partial charge < -0.3 is 14.6 Å². The van der Waals surface area contributed by atoms with Crippen LogP contribution in [0, 0.1) is 6.92 Å². The number of hydrogen-bond acceptors (Lipinski definition) is 6. The molecule has 0 fully saturated rings. The number of amides is 1. The molecule has 9 heteroatoms. The molecule has 21 heavy (non-hydrogen) atoms. The number of rotatable bonds is 4. The second-order valence-electron chi connectivity index (χ2n) is 4.19. The van der Waals surface area contributed by atoms with Crippen molar-refractivity contribution in [1.82, 2.24) is 5.16 Å². The third kappa shape index (κ3) is 3.38. The number of anilines is 1. The zero-order chi connectivity index (χ0) is 15.6. The third-order valence-electron chi connectivity index (χ3n) is 2.59.